The van der Waals surface area contributed by atoms with Crippen LogP contribution < -0.4 is 10.2 Å². The van der Waals surface area contributed by atoms with Crippen molar-refractivity contribution in [2.75, 3.05) is 26.2 Å². The van der Waals surface area contributed by atoms with E-state index in [1.807, 2.05) is 6.92 Å². The fraction of sp³-hybridized carbons (Fsp3) is 0.688. The van der Waals surface area contributed by atoms with E-state index >= 15 is 0 Å². The molecule has 1 atom stereocenters. The summed E-state index contributed by atoms with van der Waals surface area (Å²) in [4.78, 5) is 13.6. The third kappa shape index (κ3) is 3.82. The summed E-state index contributed by atoms with van der Waals surface area (Å²) in [5.41, 5.74) is 0. The van der Waals surface area contributed by atoms with Crippen LogP contribution in [0, 0.1) is 0 Å². The Morgan fingerprint density at radius 2 is 2.00 bits per heavy atom. The Balaban J connectivity index is 1.53. The Bertz CT molecular complexity index is 646. The number of thiophene rings is 1. The van der Waals surface area contributed by atoms with Crippen molar-refractivity contribution in [3.63, 3.8) is 0 Å². The minimum atomic E-state index is -3.37. The van der Waals surface area contributed by atoms with Gasteiger partial charge in [-0.15, -0.1) is 11.3 Å². The zero-order chi connectivity index (χ0) is 17.2. The quantitative estimate of drug-likeness (QED) is 0.769. The van der Waals surface area contributed by atoms with Gasteiger partial charge in [0.1, 0.15) is 4.21 Å². The van der Waals surface area contributed by atoms with E-state index in [2.05, 4.69) is 5.32 Å². The van der Waals surface area contributed by atoms with Crippen LogP contribution >= 0.6 is 11.3 Å². The van der Waals surface area contributed by atoms with Crippen LogP contribution in [0.1, 0.15) is 32.6 Å². The second-order valence-electron chi connectivity index (χ2n) is 6.71. The van der Waals surface area contributed by atoms with Gasteiger partial charge < -0.3 is 10.2 Å². The molecule has 3 rings (SSSR count). The highest BCUT2D eigenvalue weighted by molar-refractivity contribution is 7.91. The molecule has 1 aliphatic carbocycles. The minimum absolute atomic E-state index is 0.103. The first-order chi connectivity index (χ1) is 11.5. The molecule has 1 aliphatic heterocycles. The number of nitrogens with one attached hydrogen (secondary N) is 2. The number of piperazine rings is 1. The summed E-state index contributed by atoms with van der Waals surface area (Å²) in [6.07, 6.45) is 4.57. The lowest BCUT2D eigenvalue weighted by atomic mass is 10.2. The van der Waals surface area contributed by atoms with E-state index < -0.39 is 10.0 Å². The Kier molecular flexibility index (Phi) is 5.59. The molecule has 0 unspecified atom stereocenters. The number of amides is 1. The maximum Gasteiger partial charge on any atom is 0.278 e. The topological polar surface area (TPSA) is 70.9 Å². The van der Waals surface area contributed by atoms with Crippen LogP contribution in [0.4, 0.5) is 0 Å². The molecule has 1 amide bonds. The fourth-order valence-electron chi connectivity index (χ4n) is 3.57. The van der Waals surface area contributed by atoms with Gasteiger partial charge in [-0.2, -0.15) is 4.31 Å². The number of quaternary nitrogens is 1. The van der Waals surface area contributed by atoms with Crippen molar-refractivity contribution in [2.45, 2.75) is 48.9 Å². The number of hydrogen-bond acceptors (Lipinski definition) is 4. The van der Waals surface area contributed by atoms with Gasteiger partial charge in [0, 0.05) is 6.04 Å². The molecular formula is C16H26N3O3S2+. The van der Waals surface area contributed by atoms with Crippen molar-refractivity contribution in [3.05, 3.63) is 17.5 Å². The predicted octanol–water partition coefficient (Wildman–Crippen LogP) is 0.0846. The van der Waals surface area contributed by atoms with Crippen LogP contribution in [-0.4, -0.2) is 56.9 Å². The van der Waals surface area contributed by atoms with Crippen molar-refractivity contribution in [2.24, 2.45) is 0 Å². The highest BCUT2D eigenvalue weighted by atomic mass is 32.2. The van der Waals surface area contributed by atoms with Crippen LogP contribution in [0.25, 0.3) is 0 Å². The number of rotatable bonds is 5. The molecule has 24 heavy (non-hydrogen) atoms. The highest BCUT2D eigenvalue weighted by Crippen LogP contribution is 2.20. The molecule has 0 spiro atoms. The van der Waals surface area contributed by atoms with Gasteiger partial charge in [-0.25, -0.2) is 8.42 Å². The molecule has 8 heteroatoms. The lowest BCUT2D eigenvalue weighted by Gasteiger charge is -2.34. The molecule has 6 nitrogen and oxygen atoms in total. The number of hydrogen-bond donors (Lipinski definition) is 2. The molecule has 1 aromatic heterocycles. The average Bonchev–Trinajstić information content (AvgIpc) is 3.28. The van der Waals surface area contributed by atoms with Crippen LogP contribution in [0.3, 0.4) is 0 Å². The zero-order valence-electron chi connectivity index (χ0n) is 14.0. The molecule has 134 valence electrons. The molecule has 0 radical (unpaired) electrons. The Hall–Kier alpha value is -0.960. The van der Waals surface area contributed by atoms with Gasteiger partial charge in [0.25, 0.3) is 15.9 Å². The van der Waals surface area contributed by atoms with Crippen LogP contribution in [0.2, 0.25) is 0 Å². The number of carbonyl (C=O) groups excluding carboxylic acids is 1. The van der Waals surface area contributed by atoms with Crippen molar-refractivity contribution >= 4 is 27.3 Å². The maximum atomic E-state index is 12.5. The van der Waals surface area contributed by atoms with E-state index in [0.717, 1.165) is 12.8 Å². The molecule has 0 aromatic carbocycles. The predicted molar refractivity (Wildman–Crippen MR) is 93.6 cm³/mol. The second kappa shape index (κ2) is 7.51. The number of carbonyl (C=O) groups is 1. The van der Waals surface area contributed by atoms with Crippen molar-refractivity contribution in [3.8, 4) is 0 Å². The van der Waals surface area contributed by atoms with E-state index in [4.69, 9.17) is 0 Å². The van der Waals surface area contributed by atoms with E-state index in [0.29, 0.717) is 36.4 Å². The van der Waals surface area contributed by atoms with Gasteiger partial charge >= 0.3 is 0 Å². The SMILES string of the molecule is C[C@@H](C(=O)NC1CCCC1)[NH+]1CCN(S(=O)(=O)c2cccs2)CC1. The minimum Gasteiger partial charge on any atom is -0.348 e. The number of nitrogens with zero attached hydrogens (tertiary/aromatic N) is 1. The Morgan fingerprint density at radius 3 is 2.58 bits per heavy atom. The molecule has 1 saturated carbocycles. The molecule has 1 saturated heterocycles. The van der Waals surface area contributed by atoms with Gasteiger partial charge in [0.15, 0.2) is 6.04 Å². The lowest BCUT2D eigenvalue weighted by Crippen LogP contribution is -3.19. The van der Waals surface area contributed by atoms with Gasteiger partial charge in [-0.1, -0.05) is 18.9 Å². The van der Waals surface area contributed by atoms with Crippen molar-refractivity contribution in [1.82, 2.24) is 9.62 Å². The van der Waals surface area contributed by atoms with Crippen molar-refractivity contribution in [1.29, 1.82) is 0 Å². The summed E-state index contributed by atoms with van der Waals surface area (Å²) < 4.78 is 27.0. The van der Waals surface area contributed by atoms with E-state index in [1.165, 1.54) is 29.1 Å². The van der Waals surface area contributed by atoms with Crippen molar-refractivity contribution < 1.29 is 18.1 Å². The first-order valence-corrected chi connectivity index (χ1v) is 11.0. The third-order valence-electron chi connectivity index (χ3n) is 5.16. The van der Waals surface area contributed by atoms with Crippen LogP contribution in [0.5, 0.6) is 0 Å². The van der Waals surface area contributed by atoms with Gasteiger partial charge in [-0.3, -0.25) is 4.79 Å². The number of sulfonamides is 1. The zero-order valence-corrected chi connectivity index (χ0v) is 15.7. The van der Waals surface area contributed by atoms with E-state index in [9.17, 15) is 13.2 Å². The molecular weight excluding hydrogens is 346 g/mol. The Labute approximate surface area is 147 Å². The third-order valence-corrected chi connectivity index (χ3v) is 8.43. The van der Waals surface area contributed by atoms with Gasteiger partial charge in [0.2, 0.25) is 0 Å². The highest BCUT2D eigenvalue weighted by Gasteiger charge is 2.35. The molecule has 1 aromatic rings. The summed E-state index contributed by atoms with van der Waals surface area (Å²) in [7, 11) is -3.37. The molecule has 2 fully saturated rings. The molecule has 0 bridgehead atoms. The monoisotopic (exact) mass is 372 g/mol. The largest absolute Gasteiger partial charge is 0.348 e. The Morgan fingerprint density at radius 1 is 1.33 bits per heavy atom. The lowest BCUT2D eigenvalue weighted by molar-refractivity contribution is -0.917. The smallest absolute Gasteiger partial charge is 0.278 e. The van der Waals surface area contributed by atoms with Gasteiger partial charge in [0.05, 0.1) is 26.2 Å². The van der Waals surface area contributed by atoms with E-state index in [-0.39, 0.29) is 11.9 Å². The van der Waals surface area contributed by atoms with Gasteiger partial charge in [-0.05, 0) is 31.2 Å². The summed E-state index contributed by atoms with van der Waals surface area (Å²) in [6.45, 7) is 4.23. The first kappa shape index (κ1) is 17.8. The molecule has 2 aliphatic rings. The summed E-state index contributed by atoms with van der Waals surface area (Å²) >= 11 is 1.25. The van der Waals surface area contributed by atoms with E-state index in [1.54, 1.807) is 21.8 Å². The summed E-state index contributed by atoms with van der Waals surface area (Å²) in [6, 6.07) is 3.61. The second-order valence-corrected chi connectivity index (χ2v) is 9.82. The van der Waals surface area contributed by atoms with Crippen LogP contribution in [-0.2, 0) is 14.8 Å². The molecule has 2 N–H and O–H groups in total. The first-order valence-electron chi connectivity index (χ1n) is 8.67. The molecule has 2 heterocycles. The normalized spacial score (nSPS) is 22.5. The van der Waals surface area contributed by atoms with Crippen LogP contribution in [0.15, 0.2) is 21.7 Å². The maximum absolute atomic E-state index is 12.5. The summed E-state index contributed by atoms with van der Waals surface area (Å²) in [5.74, 6) is 0.103. The standard InChI is InChI=1S/C16H25N3O3S2/c1-13(16(20)17-14-5-2-3-6-14)18-8-10-19(11-9-18)24(21,22)15-7-4-12-23-15/h4,7,12-14H,2-3,5-6,8-11H2,1H3,(H,17,20)/p+1/t13-/m0/s1. The summed E-state index contributed by atoms with van der Waals surface area (Å²) in [5, 5.41) is 4.93. The average molecular weight is 373 g/mol. The fourth-order valence-corrected chi connectivity index (χ4v) is 6.15.